The number of rotatable bonds is 6. The zero-order chi connectivity index (χ0) is 26.4. The van der Waals surface area contributed by atoms with Crippen LogP contribution >= 0.6 is 0 Å². The molecule has 4 fully saturated rings. The molecule has 4 aliphatic rings. The largest absolute Gasteiger partial charge is 0.329 e. The lowest BCUT2D eigenvalue weighted by atomic mass is 9.71. The molecule has 1 aromatic heterocycles. The lowest BCUT2D eigenvalue weighted by Gasteiger charge is -2.54. The summed E-state index contributed by atoms with van der Waals surface area (Å²) < 4.78 is 3.25. The highest BCUT2D eigenvalue weighted by Gasteiger charge is 2.44. The summed E-state index contributed by atoms with van der Waals surface area (Å²) in [6, 6.07) is 5.78. The second-order valence-electron chi connectivity index (χ2n) is 12.5. The van der Waals surface area contributed by atoms with Gasteiger partial charge in [0.2, 0.25) is 11.8 Å². The van der Waals surface area contributed by atoms with Gasteiger partial charge in [0.05, 0.1) is 11.0 Å². The first kappa shape index (κ1) is 25.8. The minimum Gasteiger partial charge on any atom is -0.328 e. The fraction of sp³-hybridized carbons (Fsp3) is 0.690. The predicted molar refractivity (Wildman–Crippen MR) is 147 cm³/mol. The van der Waals surface area contributed by atoms with Gasteiger partial charge >= 0.3 is 5.69 Å². The molecule has 1 unspecified atom stereocenters. The average molecular weight is 523 g/mol. The van der Waals surface area contributed by atoms with Crippen molar-refractivity contribution in [1.82, 2.24) is 24.3 Å². The lowest BCUT2D eigenvalue weighted by molar-refractivity contribution is -0.135. The van der Waals surface area contributed by atoms with Gasteiger partial charge in [-0.2, -0.15) is 0 Å². The zero-order valence-electron chi connectivity index (χ0n) is 22.7. The Kier molecular flexibility index (Phi) is 6.95. The van der Waals surface area contributed by atoms with E-state index in [2.05, 4.69) is 21.2 Å². The molecule has 2 aromatic rings. The lowest BCUT2D eigenvalue weighted by Crippen LogP contribution is -2.60. The van der Waals surface area contributed by atoms with Crippen molar-refractivity contribution in [2.75, 3.05) is 39.3 Å². The molecule has 3 aliphatic heterocycles. The minimum atomic E-state index is -0.643. The Hall–Kier alpha value is -2.49. The van der Waals surface area contributed by atoms with Crippen LogP contribution in [0.2, 0.25) is 0 Å². The number of likely N-dealkylation sites (tertiary alicyclic amines) is 2. The molecule has 1 atom stereocenters. The van der Waals surface area contributed by atoms with E-state index in [-0.39, 0.29) is 23.9 Å². The van der Waals surface area contributed by atoms with E-state index in [0.29, 0.717) is 17.9 Å². The van der Waals surface area contributed by atoms with Crippen molar-refractivity contribution in [3.8, 4) is 0 Å². The SMILES string of the molecule is Cn1c(=O)n(C2CCC(=O)NC2=O)c2cccc(CCN3CC4(CCN(CC5CCC(N)CC5)CC4)C3)c21. The van der Waals surface area contributed by atoms with Crippen LogP contribution in [0.25, 0.3) is 11.0 Å². The Morgan fingerprint density at radius 1 is 1.00 bits per heavy atom. The van der Waals surface area contributed by atoms with Gasteiger partial charge < -0.3 is 15.5 Å². The summed E-state index contributed by atoms with van der Waals surface area (Å²) in [7, 11) is 1.78. The maximum Gasteiger partial charge on any atom is 0.329 e. The van der Waals surface area contributed by atoms with E-state index in [1.807, 2.05) is 12.1 Å². The first-order valence-corrected chi connectivity index (χ1v) is 14.5. The third-order valence-electron chi connectivity index (χ3n) is 9.85. The maximum atomic E-state index is 13.2. The van der Waals surface area contributed by atoms with Crippen LogP contribution in [0, 0.1) is 11.3 Å². The summed E-state index contributed by atoms with van der Waals surface area (Å²) >= 11 is 0. The number of hydrogen-bond donors (Lipinski definition) is 2. The van der Waals surface area contributed by atoms with E-state index >= 15 is 0 Å². The van der Waals surface area contributed by atoms with E-state index in [4.69, 9.17) is 5.73 Å². The first-order chi connectivity index (χ1) is 18.3. The summed E-state index contributed by atoms with van der Waals surface area (Å²) in [5.41, 5.74) is 9.18. The van der Waals surface area contributed by atoms with Crippen LogP contribution in [-0.2, 0) is 23.1 Å². The molecule has 1 saturated carbocycles. The smallest absolute Gasteiger partial charge is 0.328 e. The van der Waals surface area contributed by atoms with Gasteiger partial charge in [0, 0.05) is 45.7 Å². The van der Waals surface area contributed by atoms with E-state index in [9.17, 15) is 14.4 Å². The standard InChI is InChI=1S/C29H42N6O3/c1-32-26-21(3-2-4-23(26)35(28(32)38)24-9-10-25(36)31-27(24)37)11-14-34-18-29(19-34)12-15-33(16-13-29)17-20-5-7-22(30)8-6-20/h2-4,20,22,24H,5-19,30H2,1H3,(H,31,36,37). The van der Waals surface area contributed by atoms with Crippen LogP contribution in [0.5, 0.6) is 0 Å². The van der Waals surface area contributed by atoms with Gasteiger partial charge in [-0.3, -0.25) is 24.0 Å². The van der Waals surface area contributed by atoms with E-state index < -0.39 is 6.04 Å². The molecule has 4 heterocycles. The summed E-state index contributed by atoms with van der Waals surface area (Å²) in [6.45, 7) is 7.03. The average Bonchev–Trinajstić information content (AvgIpc) is 3.14. The monoisotopic (exact) mass is 522 g/mol. The number of aromatic nitrogens is 2. The number of benzene rings is 1. The van der Waals surface area contributed by atoms with Crippen LogP contribution in [0.15, 0.2) is 23.0 Å². The Bertz CT molecular complexity index is 1260. The molecule has 3 saturated heterocycles. The van der Waals surface area contributed by atoms with Gasteiger partial charge in [0.15, 0.2) is 0 Å². The highest BCUT2D eigenvalue weighted by molar-refractivity contribution is 6.00. The number of imidazole rings is 1. The van der Waals surface area contributed by atoms with Crippen molar-refractivity contribution >= 4 is 22.8 Å². The number of nitrogens with one attached hydrogen (secondary N) is 1. The van der Waals surface area contributed by atoms with Crippen molar-refractivity contribution < 1.29 is 9.59 Å². The third kappa shape index (κ3) is 4.84. The molecule has 1 spiro atoms. The number of para-hydroxylation sites is 1. The fourth-order valence-electron chi connectivity index (χ4n) is 7.55. The van der Waals surface area contributed by atoms with Crippen molar-refractivity contribution in [2.24, 2.45) is 24.1 Å². The van der Waals surface area contributed by atoms with Gasteiger partial charge in [-0.1, -0.05) is 12.1 Å². The first-order valence-electron chi connectivity index (χ1n) is 14.5. The Balaban J connectivity index is 1.05. The van der Waals surface area contributed by atoms with Crippen LogP contribution in [0.1, 0.15) is 63.0 Å². The Morgan fingerprint density at radius 3 is 2.45 bits per heavy atom. The summed E-state index contributed by atoms with van der Waals surface area (Å²) in [6.07, 6.45) is 9.07. The number of amides is 2. The molecule has 1 aliphatic carbocycles. The van der Waals surface area contributed by atoms with Crippen LogP contribution < -0.4 is 16.7 Å². The van der Waals surface area contributed by atoms with E-state index in [0.717, 1.165) is 35.5 Å². The molecular formula is C29H42N6O3. The number of nitrogens with two attached hydrogens (primary N) is 1. The molecule has 206 valence electrons. The highest BCUT2D eigenvalue weighted by Crippen LogP contribution is 2.41. The molecule has 9 nitrogen and oxygen atoms in total. The predicted octanol–water partition coefficient (Wildman–Crippen LogP) is 1.78. The van der Waals surface area contributed by atoms with E-state index in [1.165, 1.54) is 71.2 Å². The summed E-state index contributed by atoms with van der Waals surface area (Å²) in [5.74, 6) is 0.180. The number of carbonyl (C=O) groups excluding carboxylic acids is 2. The molecular weight excluding hydrogens is 480 g/mol. The van der Waals surface area contributed by atoms with Crippen molar-refractivity contribution in [3.63, 3.8) is 0 Å². The van der Waals surface area contributed by atoms with Gasteiger partial charge in [-0.05, 0) is 87.4 Å². The Labute approximate surface area is 224 Å². The molecule has 2 amide bonds. The van der Waals surface area contributed by atoms with E-state index in [1.54, 1.807) is 16.2 Å². The second kappa shape index (κ2) is 10.2. The fourth-order valence-corrected chi connectivity index (χ4v) is 7.55. The van der Waals surface area contributed by atoms with Crippen LogP contribution in [0.3, 0.4) is 0 Å². The Morgan fingerprint density at radius 2 is 1.74 bits per heavy atom. The molecule has 9 heteroatoms. The highest BCUT2D eigenvalue weighted by atomic mass is 16.2. The summed E-state index contributed by atoms with van der Waals surface area (Å²) in [5, 5.41) is 2.39. The minimum absolute atomic E-state index is 0.201. The van der Waals surface area contributed by atoms with Crippen LogP contribution in [0.4, 0.5) is 0 Å². The number of aryl methyl sites for hydroxylation is 1. The molecule has 38 heavy (non-hydrogen) atoms. The van der Waals surface area contributed by atoms with Gasteiger partial charge in [0.1, 0.15) is 6.04 Å². The number of imide groups is 1. The molecule has 3 N–H and O–H groups in total. The third-order valence-corrected chi connectivity index (χ3v) is 9.85. The summed E-state index contributed by atoms with van der Waals surface area (Å²) in [4.78, 5) is 42.6. The van der Waals surface area contributed by atoms with Crippen molar-refractivity contribution in [3.05, 3.63) is 34.2 Å². The number of fused-ring (bicyclic) bond motifs is 1. The second-order valence-corrected chi connectivity index (χ2v) is 12.5. The molecule has 6 rings (SSSR count). The van der Waals surface area contributed by atoms with Crippen LogP contribution in [-0.4, -0.2) is 76.1 Å². The molecule has 0 bridgehead atoms. The van der Waals surface area contributed by atoms with Crippen molar-refractivity contribution in [2.45, 2.75) is 69.9 Å². The topological polar surface area (TPSA) is 106 Å². The quantitative estimate of drug-likeness (QED) is 0.561. The maximum absolute atomic E-state index is 13.2. The van der Waals surface area contributed by atoms with Crippen molar-refractivity contribution in [1.29, 1.82) is 0 Å². The number of hydrogen-bond acceptors (Lipinski definition) is 6. The normalized spacial score (nSPS) is 28.5. The molecule has 0 radical (unpaired) electrons. The van der Waals surface area contributed by atoms with Gasteiger partial charge in [0.25, 0.3) is 0 Å². The van der Waals surface area contributed by atoms with Gasteiger partial charge in [-0.15, -0.1) is 0 Å². The molecule has 1 aromatic carbocycles. The number of piperidine rings is 2. The zero-order valence-corrected chi connectivity index (χ0v) is 22.7. The number of nitrogens with zero attached hydrogens (tertiary/aromatic N) is 4. The number of carbonyl (C=O) groups is 2. The van der Waals surface area contributed by atoms with Gasteiger partial charge in [-0.25, -0.2) is 4.79 Å².